The number of benzene rings is 2. The zero-order chi connectivity index (χ0) is 14.4. The number of aliphatic hydroxyl groups is 1. The molecule has 106 valence electrons. The molecule has 0 aliphatic rings. The Labute approximate surface area is 115 Å². The molecule has 5 heteroatoms. The van der Waals surface area contributed by atoms with Crippen molar-refractivity contribution in [2.75, 3.05) is 18.5 Å². The first kappa shape index (κ1) is 14.3. The average Bonchev–Trinajstić information content (AvgIpc) is 2.45. The summed E-state index contributed by atoms with van der Waals surface area (Å²) < 4.78 is 31.4. The van der Waals surface area contributed by atoms with E-state index in [2.05, 4.69) is 5.32 Å². The Hall–Kier alpha value is -2.14. The second-order valence-electron chi connectivity index (χ2n) is 4.19. The van der Waals surface area contributed by atoms with E-state index >= 15 is 0 Å². The molecule has 0 radical (unpaired) electrons. The van der Waals surface area contributed by atoms with Crippen molar-refractivity contribution in [2.24, 2.45) is 0 Å². The molecular formula is C15H15F2NO2. The molecule has 0 saturated heterocycles. The van der Waals surface area contributed by atoms with Crippen LogP contribution < -0.4 is 10.1 Å². The van der Waals surface area contributed by atoms with Crippen LogP contribution in [-0.2, 0) is 6.54 Å². The van der Waals surface area contributed by atoms with Gasteiger partial charge in [-0.3, -0.25) is 0 Å². The zero-order valence-electron chi connectivity index (χ0n) is 10.8. The predicted octanol–water partition coefficient (Wildman–Crippen LogP) is 2.95. The molecule has 0 aliphatic carbocycles. The monoisotopic (exact) mass is 279 g/mol. The Kier molecular flexibility index (Phi) is 4.90. The summed E-state index contributed by atoms with van der Waals surface area (Å²) in [5.74, 6) is -0.505. The summed E-state index contributed by atoms with van der Waals surface area (Å²) in [4.78, 5) is 0. The van der Waals surface area contributed by atoms with E-state index in [9.17, 15) is 8.78 Å². The van der Waals surface area contributed by atoms with Gasteiger partial charge in [0.1, 0.15) is 24.0 Å². The summed E-state index contributed by atoms with van der Waals surface area (Å²) >= 11 is 0. The van der Waals surface area contributed by atoms with Crippen LogP contribution in [-0.4, -0.2) is 18.3 Å². The van der Waals surface area contributed by atoms with E-state index in [-0.39, 0.29) is 19.8 Å². The molecule has 0 aliphatic heterocycles. The zero-order valence-corrected chi connectivity index (χ0v) is 10.8. The summed E-state index contributed by atoms with van der Waals surface area (Å²) in [6.45, 7) is 0.473. The van der Waals surface area contributed by atoms with Crippen molar-refractivity contribution in [2.45, 2.75) is 6.54 Å². The molecule has 2 rings (SSSR count). The van der Waals surface area contributed by atoms with Crippen LogP contribution in [0, 0.1) is 11.6 Å². The largest absolute Gasteiger partial charge is 0.491 e. The van der Waals surface area contributed by atoms with Gasteiger partial charge in [-0.1, -0.05) is 6.07 Å². The van der Waals surface area contributed by atoms with Crippen molar-refractivity contribution < 1.29 is 18.6 Å². The molecule has 0 spiro atoms. The van der Waals surface area contributed by atoms with E-state index in [0.717, 1.165) is 11.8 Å². The molecule has 20 heavy (non-hydrogen) atoms. The summed E-state index contributed by atoms with van der Waals surface area (Å²) in [7, 11) is 0. The highest BCUT2D eigenvalue weighted by atomic mass is 19.1. The lowest BCUT2D eigenvalue weighted by atomic mass is 10.2. The van der Waals surface area contributed by atoms with Crippen LogP contribution in [0.2, 0.25) is 0 Å². The van der Waals surface area contributed by atoms with Crippen molar-refractivity contribution in [3.8, 4) is 5.75 Å². The van der Waals surface area contributed by atoms with Crippen LogP contribution in [0.15, 0.2) is 42.5 Å². The van der Waals surface area contributed by atoms with Gasteiger partial charge in [0.15, 0.2) is 0 Å². The van der Waals surface area contributed by atoms with Gasteiger partial charge in [-0.25, -0.2) is 8.78 Å². The topological polar surface area (TPSA) is 41.5 Å². The van der Waals surface area contributed by atoms with E-state index < -0.39 is 11.6 Å². The molecular weight excluding hydrogens is 264 g/mol. The van der Waals surface area contributed by atoms with Crippen LogP contribution in [0.5, 0.6) is 5.75 Å². The Morgan fingerprint density at radius 1 is 1.05 bits per heavy atom. The van der Waals surface area contributed by atoms with Crippen molar-refractivity contribution in [3.63, 3.8) is 0 Å². The van der Waals surface area contributed by atoms with Gasteiger partial charge in [0.05, 0.1) is 6.61 Å². The molecule has 0 fully saturated rings. The number of hydrogen-bond donors (Lipinski definition) is 2. The number of halogens is 2. The van der Waals surface area contributed by atoms with Gasteiger partial charge in [-0.05, 0) is 30.3 Å². The van der Waals surface area contributed by atoms with Crippen LogP contribution in [0.1, 0.15) is 5.56 Å². The Bertz CT molecular complexity index is 558. The number of ether oxygens (including phenoxy) is 1. The van der Waals surface area contributed by atoms with Crippen molar-refractivity contribution in [3.05, 3.63) is 59.7 Å². The highest BCUT2D eigenvalue weighted by Gasteiger charge is 2.03. The third kappa shape index (κ3) is 3.93. The van der Waals surface area contributed by atoms with Gasteiger partial charge in [0, 0.05) is 23.9 Å². The highest BCUT2D eigenvalue weighted by Crippen LogP contribution is 2.17. The lowest BCUT2D eigenvalue weighted by Crippen LogP contribution is -2.03. The fourth-order valence-electron chi connectivity index (χ4n) is 1.69. The maximum absolute atomic E-state index is 13.4. The van der Waals surface area contributed by atoms with Crippen LogP contribution >= 0.6 is 0 Å². The van der Waals surface area contributed by atoms with Gasteiger partial charge in [-0.2, -0.15) is 0 Å². The standard InChI is InChI=1S/C15H15F2NO2/c16-12-2-1-11(15(17)9-12)10-18-13-3-5-14(6-4-13)20-8-7-19/h1-6,9,18-19H,7-8,10H2. The molecule has 0 saturated carbocycles. The molecule has 3 nitrogen and oxygen atoms in total. The number of hydrogen-bond acceptors (Lipinski definition) is 3. The molecule has 0 aromatic heterocycles. The minimum atomic E-state index is -0.586. The molecule has 0 amide bonds. The first-order chi connectivity index (χ1) is 9.69. The molecule has 0 unspecified atom stereocenters. The Morgan fingerprint density at radius 2 is 1.80 bits per heavy atom. The third-order valence-electron chi connectivity index (χ3n) is 2.71. The van der Waals surface area contributed by atoms with Crippen molar-refractivity contribution in [1.82, 2.24) is 0 Å². The second kappa shape index (κ2) is 6.86. The number of nitrogens with one attached hydrogen (secondary N) is 1. The summed E-state index contributed by atoms with van der Waals surface area (Å²) in [6.07, 6.45) is 0. The second-order valence-corrected chi connectivity index (χ2v) is 4.19. The number of rotatable bonds is 6. The lowest BCUT2D eigenvalue weighted by molar-refractivity contribution is 0.201. The van der Waals surface area contributed by atoms with Gasteiger partial charge < -0.3 is 15.2 Å². The van der Waals surface area contributed by atoms with Crippen molar-refractivity contribution >= 4 is 5.69 Å². The normalized spacial score (nSPS) is 10.3. The van der Waals surface area contributed by atoms with Crippen LogP contribution in [0.4, 0.5) is 14.5 Å². The Balaban J connectivity index is 1.93. The molecule has 0 bridgehead atoms. The minimum Gasteiger partial charge on any atom is -0.491 e. The van der Waals surface area contributed by atoms with Crippen LogP contribution in [0.3, 0.4) is 0 Å². The fourth-order valence-corrected chi connectivity index (χ4v) is 1.69. The van der Waals surface area contributed by atoms with Gasteiger partial charge in [0.2, 0.25) is 0 Å². The van der Waals surface area contributed by atoms with Gasteiger partial charge in [-0.15, -0.1) is 0 Å². The SMILES string of the molecule is OCCOc1ccc(NCc2ccc(F)cc2F)cc1. The Morgan fingerprint density at radius 3 is 2.45 bits per heavy atom. The van der Waals surface area contributed by atoms with E-state index in [1.807, 2.05) is 0 Å². The third-order valence-corrected chi connectivity index (χ3v) is 2.71. The summed E-state index contributed by atoms with van der Waals surface area (Å²) in [5, 5.41) is 11.7. The maximum Gasteiger partial charge on any atom is 0.131 e. The minimum absolute atomic E-state index is 0.0379. The van der Waals surface area contributed by atoms with E-state index in [1.165, 1.54) is 12.1 Å². The van der Waals surface area contributed by atoms with E-state index in [4.69, 9.17) is 9.84 Å². The lowest BCUT2D eigenvalue weighted by Gasteiger charge is -2.09. The van der Waals surface area contributed by atoms with Gasteiger partial charge in [0.25, 0.3) is 0 Å². The molecule has 0 atom stereocenters. The number of aliphatic hydroxyl groups excluding tert-OH is 1. The maximum atomic E-state index is 13.4. The summed E-state index contributed by atoms with van der Waals surface area (Å²) in [6, 6.07) is 10.6. The van der Waals surface area contributed by atoms with E-state index in [0.29, 0.717) is 11.3 Å². The molecule has 2 aromatic carbocycles. The summed E-state index contributed by atoms with van der Waals surface area (Å²) in [5.41, 5.74) is 1.19. The van der Waals surface area contributed by atoms with Crippen LogP contribution in [0.25, 0.3) is 0 Å². The first-order valence-electron chi connectivity index (χ1n) is 6.20. The number of anilines is 1. The molecule has 2 aromatic rings. The molecule has 2 N–H and O–H groups in total. The average molecular weight is 279 g/mol. The predicted molar refractivity (Wildman–Crippen MR) is 72.7 cm³/mol. The molecule has 0 heterocycles. The quantitative estimate of drug-likeness (QED) is 0.854. The van der Waals surface area contributed by atoms with Gasteiger partial charge >= 0.3 is 0 Å². The smallest absolute Gasteiger partial charge is 0.131 e. The van der Waals surface area contributed by atoms with E-state index in [1.54, 1.807) is 24.3 Å². The first-order valence-corrected chi connectivity index (χ1v) is 6.20. The fraction of sp³-hybridized carbons (Fsp3) is 0.200. The highest BCUT2D eigenvalue weighted by molar-refractivity contribution is 5.46. The van der Waals surface area contributed by atoms with Crippen molar-refractivity contribution in [1.29, 1.82) is 0 Å².